The number of halogens is 3. The molecule has 0 aliphatic heterocycles. The number of aliphatic hydroxyl groups is 1. The molecule has 0 saturated heterocycles. The number of nitrogens with two attached hydrogens (primary N) is 1. The quantitative estimate of drug-likeness (QED) is 0.481. The van der Waals surface area contributed by atoms with Crippen LogP contribution in [0.5, 0.6) is 5.75 Å². The molecule has 168 valence electrons. The summed E-state index contributed by atoms with van der Waals surface area (Å²) in [7, 11) is 0. The summed E-state index contributed by atoms with van der Waals surface area (Å²) in [5, 5.41) is 17.5. The predicted octanol–water partition coefficient (Wildman–Crippen LogP) is 5.45. The molecule has 2 aromatic rings. The van der Waals surface area contributed by atoms with Crippen LogP contribution >= 0.6 is 11.3 Å². The van der Waals surface area contributed by atoms with Crippen molar-refractivity contribution < 1.29 is 23.0 Å². The van der Waals surface area contributed by atoms with Crippen molar-refractivity contribution in [1.82, 2.24) is 10.2 Å². The first kappa shape index (κ1) is 24.6. The van der Waals surface area contributed by atoms with Crippen LogP contribution in [-0.4, -0.2) is 28.5 Å². The second-order valence-electron chi connectivity index (χ2n) is 8.01. The Morgan fingerprint density at radius 1 is 1.13 bits per heavy atom. The highest BCUT2D eigenvalue weighted by molar-refractivity contribution is 7.14. The van der Waals surface area contributed by atoms with Crippen LogP contribution in [0.25, 0.3) is 10.6 Å². The van der Waals surface area contributed by atoms with E-state index in [0.717, 1.165) is 36.7 Å². The standard InChI is InChI=1S/C21H30F3N3O2S/c1-13(2)5-4-6-14(3)9-10-29-18-8-7-15(11-16(18)21(22,23)24)19-26-27-20(30-19)17(25)12-28/h7-8,11,13-14,17,28H,4-6,9-10,12,25H2,1-3H3. The van der Waals surface area contributed by atoms with Gasteiger partial charge in [-0.05, 0) is 36.5 Å². The first-order valence-electron chi connectivity index (χ1n) is 10.2. The van der Waals surface area contributed by atoms with Gasteiger partial charge in [-0.1, -0.05) is 51.4 Å². The minimum absolute atomic E-state index is 0.183. The fraction of sp³-hybridized carbons (Fsp3) is 0.619. The van der Waals surface area contributed by atoms with Gasteiger partial charge in [-0.2, -0.15) is 13.2 Å². The fourth-order valence-corrected chi connectivity index (χ4v) is 3.81. The molecule has 2 unspecified atom stereocenters. The third-order valence-corrected chi connectivity index (χ3v) is 5.94. The molecule has 1 heterocycles. The predicted molar refractivity (Wildman–Crippen MR) is 112 cm³/mol. The third-order valence-electron chi connectivity index (χ3n) is 4.83. The minimum Gasteiger partial charge on any atom is -0.493 e. The Balaban J connectivity index is 2.07. The molecule has 1 aromatic heterocycles. The van der Waals surface area contributed by atoms with E-state index in [2.05, 4.69) is 31.0 Å². The Morgan fingerprint density at radius 3 is 2.50 bits per heavy atom. The monoisotopic (exact) mass is 445 g/mol. The van der Waals surface area contributed by atoms with Crippen LogP contribution in [0.4, 0.5) is 13.2 Å². The normalized spacial score (nSPS) is 14.2. The average molecular weight is 446 g/mol. The van der Waals surface area contributed by atoms with Gasteiger partial charge < -0.3 is 15.6 Å². The molecule has 0 amide bonds. The number of nitrogens with zero attached hydrogens (tertiary/aromatic N) is 2. The number of aromatic nitrogens is 2. The Morgan fingerprint density at radius 2 is 1.87 bits per heavy atom. The fourth-order valence-electron chi connectivity index (χ4n) is 2.98. The second kappa shape index (κ2) is 11.1. The summed E-state index contributed by atoms with van der Waals surface area (Å²) < 4.78 is 46.3. The Labute approximate surface area is 179 Å². The summed E-state index contributed by atoms with van der Waals surface area (Å²) in [6.07, 6.45) is -0.534. The number of aliphatic hydroxyl groups excluding tert-OH is 1. The van der Waals surface area contributed by atoms with Crippen molar-refractivity contribution in [1.29, 1.82) is 0 Å². The van der Waals surface area contributed by atoms with Crippen molar-refractivity contribution >= 4 is 11.3 Å². The van der Waals surface area contributed by atoms with Crippen LogP contribution in [0.1, 0.15) is 63.1 Å². The van der Waals surface area contributed by atoms with Gasteiger partial charge in [0.15, 0.2) is 0 Å². The molecule has 2 atom stereocenters. The molecule has 0 fully saturated rings. The van der Waals surface area contributed by atoms with Gasteiger partial charge in [-0.25, -0.2) is 0 Å². The highest BCUT2D eigenvalue weighted by Crippen LogP contribution is 2.39. The third kappa shape index (κ3) is 7.21. The SMILES string of the molecule is CC(C)CCCC(C)CCOc1ccc(-c2nnc(C(N)CO)s2)cc1C(F)(F)F. The van der Waals surface area contributed by atoms with Crippen LogP contribution < -0.4 is 10.5 Å². The maximum atomic E-state index is 13.6. The van der Waals surface area contributed by atoms with Gasteiger partial charge in [-0.3, -0.25) is 0 Å². The smallest absolute Gasteiger partial charge is 0.419 e. The molecular weight excluding hydrogens is 415 g/mol. The number of rotatable bonds is 11. The maximum absolute atomic E-state index is 13.6. The lowest BCUT2D eigenvalue weighted by Gasteiger charge is -2.17. The zero-order chi connectivity index (χ0) is 22.3. The van der Waals surface area contributed by atoms with Gasteiger partial charge in [0.2, 0.25) is 0 Å². The summed E-state index contributed by atoms with van der Waals surface area (Å²) in [6.45, 7) is 6.38. The molecule has 0 bridgehead atoms. The van der Waals surface area contributed by atoms with Crippen molar-refractivity contribution in [3.63, 3.8) is 0 Å². The van der Waals surface area contributed by atoms with Gasteiger partial charge >= 0.3 is 6.18 Å². The topological polar surface area (TPSA) is 81.3 Å². The van der Waals surface area contributed by atoms with Crippen LogP contribution in [0.15, 0.2) is 18.2 Å². The van der Waals surface area contributed by atoms with Crippen molar-refractivity contribution in [2.75, 3.05) is 13.2 Å². The van der Waals surface area contributed by atoms with Crippen LogP contribution in [0.2, 0.25) is 0 Å². The second-order valence-corrected chi connectivity index (χ2v) is 9.02. The van der Waals surface area contributed by atoms with Crippen molar-refractivity contribution in [2.24, 2.45) is 17.6 Å². The molecular formula is C21H30F3N3O2S. The number of ether oxygens (including phenoxy) is 1. The lowest BCUT2D eigenvalue weighted by atomic mass is 9.98. The number of benzene rings is 1. The molecule has 0 saturated carbocycles. The summed E-state index contributed by atoms with van der Waals surface area (Å²) in [4.78, 5) is 0. The van der Waals surface area contributed by atoms with Gasteiger partial charge in [-0.15, -0.1) is 10.2 Å². The molecule has 0 aliphatic carbocycles. The zero-order valence-corrected chi connectivity index (χ0v) is 18.4. The van der Waals surface area contributed by atoms with E-state index in [1.54, 1.807) is 0 Å². The minimum atomic E-state index is -4.55. The summed E-state index contributed by atoms with van der Waals surface area (Å²) >= 11 is 1.06. The zero-order valence-electron chi connectivity index (χ0n) is 17.6. The Bertz CT molecular complexity index is 796. The summed E-state index contributed by atoms with van der Waals surface area (Å²) in [5.41, 5.74) is 5.14. The summed E-state index contributed by atoms with van der Waals surface area (Å²) in [5.74, 6) is 0.870. The van der Waals surface area contributed by atoms with Crippen molar-refractivity contribution in [2.45, 2.75) is 58.7 Å². The lowest BCUT2D eigenvalue weighted by Crippen LogP contribution is -2.13. The largest absolute Gasteiger partial charge is 0.493 e. The molecule has 5 nitrogen and oxygen atoms in total. The van der Waals surface area contributed by atoms with Gasteiger partial charge in [0.05, 0.1) is 24.8 Å². The van der Waals surface area contributed by atoms with Crippen LogP contribution in [-0.2, 0) is 6.18 Å². The van der Waals surface area contributed by atoms with Crippen molar-refractivity contribution in [3.05, 3.63) is 28.8 Å². The molecule has 0 aliphatic rings. The highest BCUT2D eigenvalue weighted by atomic mass is 32.1. The van der Waals surface area contributed by atoms with Gasteiger partial charge in [0.25, 0.3) is 0 Å². The van der Waals surface area contributed by atoms with Gasteiger partial charge in [0.1, 0.15) is 15.8 Å². The van der Waals surface area contributed by atoms with E-state index < -0.39 is 17.8 Å². The van der Waals surface area contributed by atoms with E-state index in [9.17, 15) is 13.2 Å². The average Bonchev–Trinajstić information content (AvgIpc) is 3.16. The lowest BCUT2D eigenvalue weighted by molar-refractivity contribution is -0.138. The molecule has 0 spiro atoms. The molecule has 0 radical (unpaired) electrons. The van der Waals surface area contributed by atoms with E-state index in [4.69, 9.17) is 15.6 Å². The van der Waals surface area contributed by atoms with Crippen molar-refractivity contribution in [3.8, 4) is 16.3 Å². The van der Waals surface area contributed by atoms with E-state index in [1.165, 1.54) is 12.1 Å². The van der Waals surface area contributed by atoms with E-state index in [0.29, 0.717) is 28.3 Å². The Kier molecular flexibility index (Phi) is 9.06. The summed E-state index contributed by atoms with van der Waals surface area (Å²) in [6, 6.07) is 3.18. The highest BCUT2D eigenvalue weighted by Gasteiger charge is 2.35. The van der Waals surface area contributed by atoms with Gasteiger partial charge in [0, 0.05) is 5.56 Å². The Hall–Kier alpha value is -1.71. The maximum Gasteiger partial charge on any atom is 0.419 e. The van der Waals surface area contributed by atoms with E-state index >= 15 is 0 Å². The van der Waals surface area contributed by atoms with Crippen LogP contribution in [0.3, 0.4) is 0 Å². The molecule has 1 aromatic carbocycles. The first-order valence-corrected chi connectivity index (χ1v) is 11.0. The van der Waals surface area contributed by atoms with E-state index in [-0.39, 0.29) is 24.5 Å². The first-order chi connectivity index (χ1) is 14.1. The molecule has 3 N–H and O–H groups in total. The molecule has 2 rings (SSSR count). The van der Waals surface area contributed by atoms with E-state index in [1.807, 2.05) is 0 Å². The number of hydrogen-bond donors (Lipinski definition) is 2. The van der Waals surface area contributed by atoms with Crippen LogP contribution in [0, 0.1) is 11.8 Å². The number of alkyl halides is 3. The number of hydrogen-bond acceptors (Lipinski definition) is 6. The molecule has 30 heavy (non-hydrogen) atoms. The molecule has 9 heteroatoms.